The maximum atomic E-state index is 13.0. The van der Waals surface area contributed by atoms with Gasteiger partial charge in [0.2, 0.25) is 11.8 Å². The lowest BCUT2D eigenvalue weighted by molar-refractivity contribution is -0.143. The Labute approximate surface area is 187 Å². The van der Waals surface area contributed by atoms with Crippen molar-refractivity contribution in [1.29, 1.82) is 0 Å². The van der Waals surface area contributed by atoms with Crippen molar-refractivity contribution in [2.75, 3.05) is 19.6 Å². The lowest BCUT2D eigenvalue weighted by Crippen LogP contribution is -2.49. The molecule has 3 aromatic heterocycles. The van der Waals surface area contributed by atoms with Gasteiger partial charge in [-0.1, -0.05) is 6.07 Å². The van der Waals surface area contributed by atoms with Gasteiger partial charge in [0.25, 0.3) is 0 Å². The highest BCUT2D eigenvalue weighted by molar-refractivity contribution is 5.88. The quantitative estimate of drug-likeness (QED) is 0.633. The predicted octanol–water partition coefficient (Wildman–Crippen LogP) is 2.84. The van der Waals surface area contributed by atoms with Gasteiger partial charge in [0.05, 0.1) is 5.69 Å². The van der Waals surface area contributed by atoms with Crippen LogP contribution in [-0.4, -0.2) is 67.0 Å². The predicted molar refractivity (Wildman–Crippen MR) is 120 cm³/mol. The van der Waals surface area contributed by atoms with Crippen LogP contribution in [0, 0.1) is 6.92 Å². The second kappa shape index (κ2) is 8.33. The van der Waals surface area contributed by atoms with Crippen LogP contribution in [0.1, 0.15) is 49.9 Å². The smallest absolute Gasteiger partial charge is 0.245 e. The molecule has 0 bridgehead atoms. The third-order valence-electron chi connectivity index (χ3n) is 6.76. The van der Waals surface area contributed by atoms with Crippen LogP contribution < -0.4 is 0 Å². The van der Waals surface area contributed by atoms with Gasteiger partial charge in [0.1, 0.15) is 6.04 Å². The summed E-state index contributed by atoms with van der Waals surface area (Å²) in [5.41, 5.74) is 2.78. The molecular formula is C24H28N6O2. The Kier molecular flexibility index (Phi) is 5.36. The molecule has 2 aliphatic heterocycles. The van der Waals surface area contributed by atoms with Crippen molar-refractivity contribution in [3.8, 4) is 5.82 Å². The van der Waals surface area contributed by atoms with E-state index in [4.69, 9.17) is 4.98 Å². The lowest BCUT2D eigenvalue weighted by atomic mass is 9.92. The summed E-state index contributed by atoms with van der Waals surface area (Å²) >= 11 is 0. The highest BCUT2D eigenvalue weighted by atomic mass is 16.2. The van der Waals surface area contributed by atoms with Crippen molar-refractivity contribution in [3.05, 3.63) is 47.9 Å². The Balaban J connectivity index is 1.32. The number of aromatic nitrogens is 4. The number of aryl methyl sites for hydroxylation is 1. The fourth-order valence-electron chi connectivity index (χ4n) is 4.90. The molecular weight excluding hydrogens is 404 g/mol. The van der Waals surface area contributed by atoms with Gasteiger partial charge in [-0.05, 0) is 57.4 Å². The molecule has 1 atom stereocenters. The summed E-state index contributed by atoms with van der Waals surface area (Å²) in [5, 5.41) is 5.68. The van der Waals surface area contributed by atoms with Crippen LogP contribution in [-0.2, 0) is 9.59 Å². The first-order valence-electron chi connectivity index (χ1n) is 11.4. The molecule has 3 aromatic rings. The number of carbonyl (C=O) groups is 2. The van der Waals surface area contributed by atoms with E-state index in [1.165, 1.54) is 0 Å². The number of likely N-dealkylation sites (tertiary alicyclic amines) is 2. The number of rotatable bonds is 4. The molecule has 32 heavy (non-hydrogen) atoms. The Hall–Kier alpha value is -3.29. The van der Waals surface area contributed by atoms with E-state index in [9.17, 15) is 9.59 Å². The number of amides is 2. The van der Waals surface area contributed by atoms with Gasteiger partial charge in [-0.15, -0.1) is 0 Å². The highest BCUT2D eigenvalue weighted by Gasteiger charge is 2.34. The third kappa shape index (κ3) is 3.63. The molecule has 0 aromatic carbocycles. The van der Waals surface area contributed by atoms with Crippen molar-refractivity contribution in [1.82, 2.24) is 29.5 Å². The zero-order chi connectivity index (χ0) is 22.2. The molecule has 2 aliphatic rings. The molecule has 0 spiro atoms. The number of carbonyl (C=O) groups excluding carboxylic acids is 2. The molecule has 2 saturated heterocycles. The van der Waals surface area contributed by atoms with Gasteiger partial charge < -0.3 is 9.80 Å². The molecule has 2 fully saturated rings. The first kappa shape index (κ1) is 20.6. The molecule has 8 heteroatoms. The molecule has 0 aliphatic carbocycles. The summed E-state index contributed by atoms with van der Waals surface area (Å²) in [7, 11) is 0. The molecule has 0 unspecified atom stereocenters. The monoisotopic (exact) mass is 432 g/mol. The zero-order valence-electron chi connectivity index (χ0n) is 18.6. The van der Waals surface area contributed by atoms with Crippen LogP contribution in [0.4, 0.5) is 0 Å². The van der Waals surface area contributed by atoms with Crippen molar-refractivity contribution >= 4 is 22.8 Å². The van der Waals surface area contributed by atoms with Crippen LogP contribution >= 0.6 is 0 Å². The zero-order valence-corrected chi connectivity index (χ0v) is 18.6. The highest BCUT2D eigenvalue weighted by Crippen LogP contribution is 2.30. The Morgan fingerprint density at radius 3 is 2.62 bits per heavy atom. The van der Waals surface area contributed by atoms with E-state index in [2.05, 4.69) is 22.2 Å². The third-order valence-corrected chi connectivity index (χ3v) is 6.76. The van der Waals surface area contributed by atoms with Gasteiger partial charge >= 0.3 is 0 Å². The molecule has 0 radical (unpaired) electrons. The molecule has 8 nitrogen and oxygen atoms in total. The summed E-state index contributed by atoms with van der Waals surface area (Å²) < 4.78 is 1.81. The van der Waals surface area contributed by atoms with E-state index in [1.807, 2.05) is 41.6 Å². The van der Waals surface area contributed by atoms with Gasteiger partial charge in [0.15, 0.2) is 11.5 Å². The fraction of sp³-hybridized carbons (Fsp3) is 0.458. The topological polar surface area (TPSA) is 84.2 Å². The first-order valence-corrected chi connectivity index (χ1v) is 11.4. The number of hydrogen-bond acceptors (Lipinski definition) is 5. The second-order valence-corrected chi connectivity index (χ2v) is 8.76. The number of pyridine rings is 2. The van der Waals surface area contributed by atoms with Crippen LogP contribution in [0.2, 0.25) is 0 Å². The van der Waals surface area contributed by atoms with Gasteiger partial charge in [-0.3, -0.25) is 9.59 Å². The van der Waals surface area contributed by atoms with Crippen molar-refractivity contribution in [2.45, 2.75) is 51.5 Å². The minimum Gasteiger partial charge on any atom is -0.341 e. The normalized spacial score (nSPS) is 18.5. The van der Waals surface area contributed by atoms with E-state index in [1.54, 1.807) is 11.1 Å². The minimum absolute atomic E-state index is 0.0611. The Bertz CT molecular complexity index is 1150. The average molecular weight is 433 g/mol. The lowest BCUT2D eigenvalue weighted by Gasteiger charge is -2.35. The molecule has 2 amide bonds. The van der Waals surface area contributed by atoms with Gasteiger partial charge in [0, 0.05) is 49.2 Å². The van der Waals surface area contributed by atoms with E-state index < -0.39 is 0 Å². The standard InChI is InChI=1S/C24H28N6O2/c1-16-19-8-9-20(26-23(19)30(27-16)21-6-3-4-12-25-21)18-10-14-28(15-11-18)24(32)17(2)29-13-5-7-22(29)31/h3-4,6,8-9,12,17-18H,5,7,10-11,13-15H2,1-2H3/t17-/m1/s1. The molecule has 0 N–H and O–H groups in total. The Morgan fingerprint density at radius 1 is 1.12 bits per heavy atom. The van der Waals surface area contributed by atoms with Crippen LogP contribution in [0.25, 0.3) is 16.9 Å². The average Bonchev–Trinajstić information content (AvgIpc) is 3.41. The summed E-state index contributed by atoms with van der Waals surface area (Å²) in [6.07, 6.45) is 4.89. The Morgan fingerprint density at radius 2 is 1.94 bits per heavy atom. The number of nitrogens with zero attached hydrogens (tertiary/aromatic N) is 6. The molecule has 166 valence electrons. The van der Waals surface area contributed by atoms with E-state index >= 15 is 0 Å². The minimum atomic E-state index is -0.369. The summed E-state index contributed by atoms with van der Waals surface area (Å²) in [6.45, 7) is 5.91. The maximum absolute atomic E-state index is 13.0. The molecule has 5 heterocycles. The second-order valence-electron chi connectivity index (χ2n) is 8.76. The number of hydrogen-bond donors (Lipinski definition) is 0. The van der Waals surface area contributed by atoms with Gasteiger partial charge in [-0.25, -0.2) is 9.97 Å². The van der Waals surface area contributed by atoms with E-state index in [0.29, 0.717) is 32.0 Å². The van der Waals surface area contributed by atoms with Crippen molar-refractivity contribution in [3.63, 3.8) is 0 Å². The van der Waals surface area contributed by atoms with Crippen LogP contribution in [0.5, 0.6) is 0 Å². The SMILES string of the molecule is Cc1nn(-c2ccccn2)c2nc(C3CCN(C(=O)[C@@H](C)N4CCCC4=O)CC3)ccc12. The summed E-state index contributed by atoms with van der Waals surface area (Å²) in [6, 6.07) is 9.57. The maximum Gasteiger partial charge on any atom is 0.245 e. The number of fused-ring (bicyclic) bond motifs is 1. The van der Waals surface area contributed by atoms with Crippen molar-refractivity contribution < 1.29 is 9.59 Å². The molecule has 0 saturated carbocycles. The first-order chi connectivity index (χ1) is 15.5. The molecule has 5 rings (SSSR count). The van der Waals surface area contributed by atoms with Crippen LogP contribution in [0.15, 0.2) is 36.5 Å². The van der Waals surface area contributed by atoms with Gasteiger partial charge in [-0.2, -0.15) is 9.78 Å². The van der Waals surface area contributed by atoms with E-state index in [0.717, 1.165) is 47.5 Å². The number of piperidine rings is 1. The fourth-order valence-corrected chi connectivity index (χ4v) is 4.90. The van der Waals surface area contributed by atoms with Crippen molar-refractivity contribution in [2.24, 2.45) is 0 Å². The van der Waals surface area contributed by atoms with Crippen LogP contribution in [0.3, 0.4) is 0 Å². The summed E-state index contributed by atoms with van der Waals surface area (Å²) in [5.74, 6) is 1.20. The van der Waals surface area contributed by atoms with E-state index in [-0.39, 0.29) is 17.9 Å². The summed E-state index contributed by atoms with van der Waals surface area (Å²) in [4.78, 5) is 38.0. The largest absolute Gasteiger partial charge is 0.341 e.